The fraction of sp³-hybridized carbons (Fsp3) is 0.688. The van der Waals surface area contributed by atoms with Crippen molar-refractivity contribution < 1.29 is 0 Å². The van der Waals surface area contributed by atoms with Gasteiger partial charge in [-0.1, -0.05) is 6.92 Å². The first-order valence-corrected chi connectivity index (χ1v) is 7.46. The van der Waals surface area contributed by atoms with Gasteiger partial charge >= 0.3 is 0 Å². The second-order valence-corrected chi connectivity index (χ2v) is 6.55. The van der Waals surface area contributed by atoms with Gasteiger partial charge in [0.25, 0.3) is 0 Å². The van der Waals surface area contributed by atoms with Crippen LogP contribution >= 0.6 is 0 Å². The normalized spacial score (nSPS) is 15.6. The van der Waals surface area contributed by atoms with Gasteiger partial charge in [0.1, 0.15) is 5.82 Å². The molecule has 3 nitrogen and oxygen atoms in total. The van der Waals surface area contributed by atoms with E-state index in [4.69, 9.17) is 0 Å². The van der Waals surface area contributed by atoms with Gasteiger partial charge in [-0.15, -0.1) is 0 Å². The number of hydrogen-bond donors (Lipinski definition) is 1. The van der Waals surface area contributed by atoms with Gasteiger partial charge in [0.2, 0.25) is 0 Å². The molecular formula is C16H27N3. The summed E-state index contributed by atoms with van der Waals surface area (Å²) >= 11 is 0. The van der Waals surface area contributed by atoms with Crippen LogP contribution in [0, 0.1) is 0 Å². The van der Waals surface area contributed by atoms with Crippen molar-refractivity contribution in [3.63, 3.8) is 0 Å². The van der Waals surface area contributed by atoms with E-state index in [-0.39, 0.29) is 5.54 Å². The number of anilines is 1. The molecule has 0 saturated heterocycles. The molecule has 1 aromatic heterocycles. The van der Waals surface area contributed by atoms with Gasteiger partial charge < -0.3 is 10.2 Å². The number of nitrogens with one attached hydrogen (secondary N) is 1. The minimum absolute atomic E-state index is 0.156. The highest BCUT2D eigenvalue weighted by atomic mass is 15.2. The molecule has 0 radical (unpaired) electrons. The van der Waals surface area contributed by atoms with Crippen molar-refractivity contribution in [1.29, 1.82) is 0 Å². The number of pyridine rings is 1. The topological polar surface area (TPSA) is 28.2 Å². The van der Waals surface area contributed by atoms with Crippen LogP contribution in [0.4, 0.5) is 5.82 Å². The van der Waals surface area contributed by atoms with Gasteiger partial charge in [-0.05, 0) is 57.7 Å². The van der Waals surface area contributed by atoms with Crippen molar-refractivity contribution in [2.75, 3.05) is 11.4 Å². The van der Waals surface area contributed by atoms with Crippen molar-refractivity contribution in [2.24, 2.45) is 0 Å². The third-order valence-corrected chi connectivity index (χ3v) is 3.38. The van der Waals surface area contributed by atoms with E-state index < -0.39 is 0 Å². The first kappa shape index (κ1) is 14.3. The minimum Gasteiger partial charge on any atom is -0.354 e. The molecule has 2 rings (SSSR count). The summed E-state index contributed by atoms with van der Waals surface area (Å²) in [6.07, 6.45) is 5.78. The lowest BCUT2D eigenvalue weighted by atomic mass is 10.1. The van der Waals surface area contributed by atoms with E-state index >= 15 is 0 Å². The molecule has 106 valence electrons. The molecule has 0 unspecified atom stereocenters. The Kier molecular flexibility index (Phi) is 4.46. The second-order valence-electron chi connectivity index (χ2n) is 6.55. The molecule has 1 saturated carbocycles. The first-order valence-electron chi connectivity index (χ1n) is 7.46. The smallest absolute Gasteiger partial charge is 0.129 e. The van der Waals surface area contributed by atoms with Crippen LogP contribution in [0.5, 0.6) is 0 Å². The summed E-state index contributed by atoms with van der Waals surface area (Å²) in [5.41, 5.74) is 1.48. The van der Waals surface area contributed by atoms with E-state index in [1.54, 1.807) is 0 Å². The zero-order valence-electron chi connectivity index (χ0n) is 12.7. The SMILES string of the molecule is CCCN(c1cc(CNC(C)(C)C)ccn1)C1CC1. The van der Waals surface area contributed by atoms with Crippen LogP contribution in [-0.4, -0.2) is 23.1 Å². The Bertz CT molecular complexity index is 405. The molecule has 0 atom stereocenters. The molecule has 1 N–H and O–H groups in total. The Morgan fingerprint density at radius 2 is 2.11 bits per heavy atom. The summed E-state index contributed by atoms with van der Waals surface area (Å²) < 4.78 is 0. The molecule has 0 spiro atoms. The molecule has 1 aliphatic rings. The number of aromatic nitrogens is 1. The summed E-state index contributed by atoms with van der Waals surface area (Å²) in [6, 6.07) is 5.09. The summed E-state index contributed by atoms with van der Waals surface area (Å²) in [5.74, 6) is 1.15. The van der Waals surface area contributed by atoms with E-state index in [1.807, 2.05) is 6.20 Å². The van der Waals surface area contributed by atoms with Crippen molar-refractivity contribution >= 4 is 5.82 Å². The van der Waals surface area contributed by atoms with Gasteiger partial charge in [-0.3, -0.25) is 0 Å². The monoisotopic (exact) mass is 261 g/mol. The predicted molar refractivity (Wildman–Crippen MR) is 81.5 cm³/mol. The molecule has 1 aromatic rings. The molecule has 3 heteroatoms. The fourth-order valence-corrected chi connectivity index (χ4v) is 2.21. The number of nitrogens with zero attached hydrogens (tertiary/aromatic N) is 2. The van der Waals surface area contributed by atoms with Crippen LogP contribution in [0.3, 0.4) is 0 Å². The third kappa shape index (κ3) is 4.50. The second kappa shape index (κ2) is 5.91. The van der Waals surface area contributed by atoms with Crippen LogP contribution in [0.1, 0.15) is 52.5 Å². The highest BCUT2D eigenvalue weighted by Crippen LogP contribution is 2.30. The zero-order chi connectivity index (χ0) is 13.9. The number of hydrogen-bond acceptors (Lipinski definition) is 3. The maximum atomic E-state index is 4.56. The lowest BCUT2D eigenvalue weighted by Gasteiger charge is -2.24. The summed E-state index contributed by atoms with van der Waals surface area (Å²) in [5, 5.41) is 3.53. The molecule has 1 heterocycles. The molecule has 1 aliphatic carbocycles. The van der Waals surface area contributed by atoms with Crippen molar-refractivity contribution in [2.45, 2.75) is 65.1 Å². The largest absolute Gasteiger partial charge is 0.354 e. The van der Waals surface area contributed by atoms with Crippen LogP contribution in [0.2, 0.25) is 0 Å². The van der Waals surface area contributed by atoms with Crippen LogP contribution < -0.4 is 10.2 Å². The lowest BCUT2D eigenvalue weighted by molar-refractivity contribution is 0.424. The lowest BCUT2D eigenvalue weighted by Crippen LogP contribution is -2.35. The van der Waals surface area contributed by atoms with Gasteiger partial charge in [0.15, 0.2) is 0 Å². The highest BCUT2D eigenvalue weighted by Gasteiger charge is 2.29. The van der Waals surface area contributed by atoms with E-state index in [2.05, 4.69) is 55.0 Å². The highest BCUT2D eigenvalue weighted by molar-refractivity contribution is 5.43. The Hall–Kier alpha value is -1.09. The van der Waals surface area contributed by atoms with Crippen LogP contribution in [0.15, 0.2) is 18.3 Å². The summed E-state index contributed by atoms with van der Waals surface area (Å²) in [6.45, 7) is 10.9. The Morgan fingerprint density at radius 3 is 2.68 bits per heavy atom. The zero-order valence-corrected chi connectivity index (χ0v) is 12.7. The van der Waals surface area contributed by atoms with E-state index in [9.17, 15) is 0 Å². The quantitative estimate of drug-likeness (QED) is 0.851. The fourth-order valence-electron chi connectivity index (χ4n) is 2.21. The molecule has 1 fully saturated rings. The summed E-state index contributed by atoms with van der Waals surface area (Å²) in [7, 11) is 0. The van der Waals surface area contributed by atoms with Crippen LogP contribution in [-0.2, 0) is 6.54 Å². The molecule has 19 heavy (non-hydrogen) atoms. The van der Waals surface area contributed by atoms with Gasteiger partial charge in [-0.25, -0.2) is 4.98 Å². The standard InChI is InChI=1S/C16H27N3/c1-5-10-19(14-6-7-14)15-11-13(8-9-17-15)12-18-16(2,3)4/h8-9,11,14,18H,5-7,10,12H2,1-4H3. The minimum atomic E-state index is 0.156. The Labute approximate surface area is 117 Å². The summed E-state index contributed by atoms with van der Waals surface area (Å²) in [4.78, 5) is 7.03. The molecule has 0 aromatic carbocycles. The molecule has 0 aliphatic heterocycles. The van der Waals surface area contributed by atoms with Gasteiger partial charge in [0.05, 0.1) is 0 Å². The van der Waals surface area contributed by atoms with Crippen molar-refractivity contribution in [1.82, 2.24) is 10.3 Å². The molecule has 0 amide bonds. The van der Waals surface area contributed by atoms with Crippen LogP contribution in [0.25, 0.3) is 0 Å². The Morgan fingerprint density at radius 1 is 1.37 bits per heavy atom. The Balaban J connectivity index is 2.05. The maximum absolute atomic E-state index is 4.56. The maximum Gasteiger partial charge on any atom is 0.129 e. The van der Waals surface area contributed by atoms with Crippen molar-refractivity contribution in [3.05, 3.63) is 23.9 Å². The average Bonchev–Trinajstić information content (AvgIpc) is 3.17. The number of rotatable bonds is 6. The molecule has 0 bridgehead atoms. The van der Waals surface area contributed by atoms with Gasteiger partial charge in [-0.2, -0.15) is 0 Å². The predicted octanol–water partition coefficient (Wildman–Crippen LogP) is 3.35. The average molecular weight is 261 g/mol. The first-order chi connectivity index (χ1) is 8.99. The van der Waals surface area contributed by atoms with E-state index in [0.29, 0.717) is 0 Å². The van der Waals surface area contributed by atoms with E-state index in [0.717, 1.165) is 24.9 Å². The van der Waals surface area contributed by atoms with E-state index in [1.165, 1.54) is 24.8 Å². The van der Waals surface area contributed by atoms with Crippen molar-refractivity contribution in [3.8, 4) is 0 Å². The third-order valence-electron chi connectivity index (χ3n) is 3.38. The van der Waals surface area contributed by atoms with Gasteiger partial charge in [0, 0.05) is 30.9 Å². The molecular weight excluding hydrogens is 234 g/mol.